The maximum atomic E-state index is 14.1. The highest BCUT2D eigenvalue weighted by Gasteiger charge is 2.55. The molecule has 3 aliphatic rings. The fraction of sp³-hybridized carbons (Fsp3) is 0.533. The van der Waals surface area contributed by atoms with Crippen LogP contribution in [-0.4, -0.2) is 67.2 Å². The number of para-hydroxylation sites is 1. The summed E-state index contributed by atoms with van der Waals surface area (Å²) in [5, 5.41) is 0. The summed E-state index contributed by atoms with van der Waals surface area (Å²) in [5.41, 5.74) is 7.56. The molecule has 1 heterocycles. The summed E-state index contributed by atoms with van der Waals surface area (Å²) >= 11 is 0. The van der Waals surface area contributed by atoms with Crippen LogP contribution in [-0.2, 0) is 10.3 Å². The molecule has 37 heavy (non-hydrogen) atoms. The highest BCUT2D eigenvalue weighted by atomic mass is 16.5. The van der Waals surface area contributed by atoms with E-state index in [2.05, 4.69) is 54.2 Å². The predicted octanol–water partition coefficient (Wildman–Crippen LogP) is 4.76. The van der Waals surface area contributed by atoms with Crippen LogP contribution in [0.25, 0.3) is 0 Å². The van der Waals surface area contributed by atoms with Gasteiger partial charge in [0.15, 0.2) is 0 Å². The first kappa shape index (κ1) is 25.7. The molecule has 0 radical (unpaired) electrons. The minimum absolute atomic E-state index is 0.0312. The van der Waals surface area contributed by atoms with Crippen LogP contribution in [0.2, 0.25) is 0 Å². The van der Waals surface area contributed by atoms with Crippen molar-refractivity contribution in [3.63, 3.8) is 0 Å². The van der Waals surface area contributed by atoms with E-state index in [1.165, 1.54) is 12.0 Å². The molecule has 2 aromatic rings. The van der Waals surface area contributed by atoms with Crippen molar-refractivity contribution in [2.24, 2.45) is 5.73 Å². The number of nitrogens with two attached hydrogens (primary N) is 1. The van der Waals surface area contributed by atoms with E-state index in [9.17, 15) is 9.59 Å². The standard InChI is InChI=1S/C30H40N4O3/c1-32(2)30(23-10-5-4-6-11-23)18-16-28(17-19-30)22-33(25-13-8-7-12-24(25)26(31)35)27(36)34(28)21-20-29(37-3)14-9-15-29/h4-8,10-13H,9,14-22H2,1-3H3,(H2,31,35). The van der Waals surface area contributed by atoms with Crippen LogP contribution in [0, 0.1) is 0 Å². The minimum Gasteiger partial charge on any atom is -0.378 e. The molecule has 198 valence electrons. The van der Waals surface area contributed by atoms with E-state index < -0.39 is 5.91 Å². The number of methoxy groups -OCH3 is 1. The number of carbonyl (C=O) groups excluding carboxylic acids is 2. The lowest BCUT2D eigenvalue weighted by atomic mass is 9.68. The zero-order valence-electron chi connectivity index (χ0n) is 22.4. The number of benzene rings is 2. The van der Waals surface area contributed by atoms with Crippen LogP contribution < -0.4 is 10.6 Å². The fourth-order valence-corrected chi connectivity index (χ4v) is 6.98. The highest BCUT2D eigenvalue weighted by molar-refractivity contribution is 6.05. The van der Waals surface area contributed by atoms with Crippen molar-refractivity contribution in [1.29, 1.82) is 0 Å². The second-order valence-electron chi connectivity index (χ2n) is 11.4. The number of nitrogens with zero attached hydrogens (tertiary/aromatic N) is 3. The number of amides is 3. The SMILES string of the molecule is COC1(CCN2C(=O)N(c3ccccc3C(N)=O)CC23CCC(c2ccccc2)(N(C)C)CC3)CCC1. The highest BCUT2D eigenvalue weighted by Crippen LogP contribution is 2.50. The van der Waals surface area contributed by atoms with Gasteiger partial charge in [-0.15, -0.1) is 0 Å². The van der Waals surface area contributed by atoms with Crippen LogP contribution in [0.4, 0.5) is 10.5 Å². The molecule has 1 spiro atoms. The molecule has 0 atom stereocenters. The maximum Gasteiger partial charge on any atom is 0.325 e. The molecule has 1 saturated heterocycles. The topological polar surface area (TPSA) is 79.1 Å². The van der Waals surface area contributed by atoms with Gasteiger partial charge in [-0.1, -0.05) is 42.5 Å². The molecule has 2 aliphatic carbocycles. The van der Waals surface area contributed by atoms with Crippen LogP contribution in [0.3, 0.4) is 0 Å². The number of carbonyl (C=O) groups is 2. The molecule has 7 nitrogen and oxygen atoms in total. The Hall–Kier alpha value is -2.90. The zero-order valence-corrected chi connectivity index (χ0v) is 22.4. The van der Waals surface area contributed by atoms with Gasteiger partial charge in [-0.25, -0.2) is 4.79 Å². The largest absolute Gasteiger partial charge is 0.378 e. The molecule has 2 N–H and O–H groups in total. The summed E-state index contributed by atoms with van der Waals surface area (Å²) in [6.07, 6.45) is 7.79. The summed E-state index contributed by atoms with van der Waals surface area (Å²) in [5.74, 6) is -0.511. The molecular formula is C30H40N4O3. The number of primary amides is 1. The Kier molecular flexibility index (Phi) is 6.79. The summed E-state index contributed by atoms with van der Waals surface area (Å²) < 4.78 is 5.91. The summed E-state index contributed by atoms with van der Waals surface area (Å²) in [6.45, 7) is 1.22. The van der Waals surface area contributed by atoms with E-state index >= 15 is 0 Å². The van der Waals surface area contributed by atoms with Gasteiger partial charge < -0.3 is 15.4 Å². The third-order valence-electron chi connectivity index (χ3n) is 9.61. The van der Waals surface area contributed by atoms with E-state index in [0.29, 0.717) is 24.3 Å². The van der Waals surface area contributed by atoms with Gasteiger partial charge in [0.2, 0.25) is 0 Å². The fourth-order valence-electron chi connectivity index (χ4n) is 6.98. The van der Waals surface area contributed by atoms with Gasteiger partial charge in [0.05, 0.1) is 28.9 Å². The van der Waals surface area contributed by atoms with Gasteiger partial charge in [-0.05, 0) is 83.2 Å². The molecule has 0 bridgehead atoms. The predicted molar refractivity (Wildman–Crippen MR) is 146 cm³/mol. The maximum absolute atomic E-state index is 14.1. The van der Waals surface area contributed by atoms with E-state index in [0.717, 1.165) is 44.9 Å². The van der Waals surface area contributed by atoms with Crippen LogP contribution in [0.5, 0.6) is 0 Å². The lowest BCUT2D eigenvalue weighted by Crippen LogP contribution is -2.56. The van der Waals surface area contributed by atoms with Crippen molar-refractivity contribution in [3.8, 4) is 0 Å². The molecular weight excluding hydrogens is 464 g/mol. The first-order chi connectivity index (χ1) is 17.8. The van der Waals surface area contributed by atoms with E-state index in [1.807, 2.05) is 12.1 Å². The molecule has 2 saturated carbocycles. The zero-order chi connectivity index (χ0) is 26.3. The number of ether oxygens (including phenoxy) is 1. The van der Waals surface area contributed by atoms with Gasteiger partial charge >= 0.3 is 6.03 Å². The molecule has 3 fully saturated rings. The number of anilines is 1. The van der Waals surface area contributed by atoms with Crippen molar-refractivity contribution in [3.05, 3.63) is 65.7 Å². The van der Waals surface area contributed by atoms with Crippen molar-refractivity contribution in [1.82, 2.24) is 9.80 Å². The Morgan fingerprint density at radius 3 is 2.19 bits per heavy atom. The Balaban J connectivity index is 1.47. The summed E-state index contributed by atoms with van der Waals surface area (Å²) in [7, 11) is 6.12. The van der Waals surface area contributed by atoms with Gasteiger partial charge in [-0.2, -0.15) is 0 Å². The molecule has 0 aromatic heterocycles. The average Bonchev–Trinajstić information content (AvgIpc) is 3.15. The van der Waals surface area contributed by atoms with E-state index in [4.69, 9.17) is 10.5 Å². The normalized spacial score (nSPS) is 27.1. The van der Waals surface area contributed by atoms with E-state index in [1.54, 1.807) is 24.1 Å². The molecule has 5 rings (SSSR count). The third-order valence-corrected chi connectivity index (χ3v) is 9.61. The lowest BCUT2D eigenvalue weighted by Gasteiger charge is -2.51. The summed E-state index contributed by atoms with van der Waals surface area (Å²) in [4.78, 5) is 32.6. The minimum atomic E-state index is -0.511. The van der Waals surface area contributed by atoms with Crippen molar-refractivity contribution >= 4 is 17.6 Å². The molecule has 3 amide bonds. The molecule has 0 unspecified atom stereocenters. The number of urea groups is 1. The average molecular weight is 505 g/mol. The molecule has 7 heteroatoms. The van der Waals surface area contributed by atoms with Crippen LogP contribution in [0.1, 0.15) is 67.3 Å². The van der Waals surface area contributed by atoms with Gasteiger partial charge in [0, 0.05) is 19.2 Å². The Morgan fingerprint density at radius 2 is 1.62 bits per heavy atom. The first-order valence-corrected chi connectivity index (χ1v) is 13.5. The first-order valence-electron chi connectivity index (χ1n) is 13.5. The second-order valence-corrected chi connectivity index (χ2v) is 11.4. The van der Waals surface area contributed by atoms with Crippen molar-refractivity contribution in [2.75, 3.05) is 39.2 Å². The van der Waals surface area contributed by atoms with Gasteiger partial charge in [0.25, 0.3) is 5.91 Å². The monoisotopic (exact) mass is 504 g/mol. The Labute approximate surface area is 220 Å². The number of hydrogen-bond donors (Lipinski definition) is 1. The van der Waals surface area contributed by atoms with Crippen LogP contribution >= 0.6 is 0 Å². The molecule has 1 aliphatic heterocycles. The lowest BCUT2D eigenvalue weighted by molar-refractivity contribution is -0.0844. The van der Waals surface area contributed by atoms with Crippen LogP contribution in [0.15, 0.2) is 54.6 Å². The molecule has 2 aromatic carbocycles. The van der Waals surface area contributed by atoms with E-state index in [-0.39, 0.29) is 22.7 Å². The third kappa shape index (κ3) is 4.32. The quantitative estimate of drug-likeness (QED) is 0.562. The smallest absolute Gasteiger partial charge is 0.325 e. The number of hydrogen-bond acceptors (Lipinski definition) is 4. The van der Waals surface area contributed by atoms with Crippen molar-refractivity contribution in [2.45, 2.75) is 68.0 Å². The number of rotatable bonds is 8. The second kappa shape index (κ2) is 9.76. The van der Waals surface area contributed by atoms with Gasteiger partial charge in [0.1, 0.15) is 0 Å². The Morgan fingerprint density at radius 1 is 0.973 bits per heavy atom. The van der Waals surface area contributed by atoms with Gasteiger partial charge in [-0.3, -0.25) is 14.6 Å². The van der Waals surface area contributed by atoms with Crippen molar-refractivity contribution < 1.29 is 14.3 Å². The Bertz CT molecular complexity index is 1130. The summed E-state index contributed by atoms with van der Waals surface area (Å²) in [6, 6.07) is 17.9.